The van der Waals surface area contributed by atoms with Gasteiger partial charge in [-0.2, -0.15) is 5.26 Å². The van der Waals surface area contributed by atoms with Crippen molar-refractivity contribution in [3.63, 3.8) is 0 Å². The summed E-state index contributed by atoms with van der Waals surface area (Å²) in [7, 11) is 0. The quantitative estimate of drug-likeness (QED) is 0.584. The van der Waals surface area contributed by atoms with Crippen molar-refractivity contribution >= 4 is 29.3 Å². The average Bonchev–Trinajstić information content (AvgIpc) is 2.85. The van der Waals surface area contributed by atoms with E-state index in [0.29, 0.717) is 16.3 Å². The number of hydrogen-bond donors (Lipinski definition) is 0. The van der Waals surface area contributed by atoms with Gasteiger partial charge >= 0.3 is 0 Å². The number of anilines is 1. The molecule has 5 nitrogen and oxygen atoms in total. The zero-order chi connectivity index (χ0) is 19.7. The first kappa shape index (κ1) is 18.6. The van der Waals surface area contributed by atoms with Gasteiger partial charge in [0.2, 0.25) is 11.8 Å². The Kier molecular flexibility index (Phi) is 5.14. The predicted octanol–water partition coefficient (Wildman–Crippen LogP) is 3.79. The molecule has 7 heteroatoms. The highest BCUT2D eigenvalue weighted by Gasteiger charge is 2.40. The normalized spacial score (nSPS) is 19.3. The number of hydrogen-bond acceptors (Lipinski definition) is 5. The largest absolute Gasteiger partial charge is 0.274 e. The number of imide groups is 1. The summed E-state index contributed by atoms with van der Waals surface area (Å²) < 4.78 is 13.2. The van der Waals surface area contributed by atoms with Crippen molar-refractivity contribution in [3.05, 3.63) is 53.0 Å². The Morgan fingerprint density at radius 2 is 1.89 bits per heavy atom. The van der Waals surface area contributed by atoms with Gasteiger partial charge in [0.05, 0.1) is 16.5 Å². The fourth-order valence-corrected chi connectivity index (χ4v) is 4.75. The molecule has 1 aliphatic carbocycles. The van der Waals surface area contributed by atoms with E-state index in [1.165, 1.54) is 36.0 Å². The van der Waals surface area contributed by atoms with Crippen molar-refractivity contribution in [3.8, 4) is 6.07 Å². The number of thioether (sulfide) groups is 1. The molecule has 1 unspecified atom stereocenters. The molecule has 2 amide bonds. The molecule has 0 saturated carbocycles. The molecule has 2 heterocycles. The standard InChI is InChI=1S/C21H18FN3O2S/c22-15-6-8-16(9-7-15)25-19(26)11-18(21(25)27)28-20-14(12-23)10-13-4-2-1-3-5-17(13)24-20/h6-10,18H,1-5,11H2. The van der Waals surface area contributed by atoms with E-state index in [1.54, 1.807) is 0 Å². The Bertz CT molecular complexity index is 984. The van der Waals surface area contributed by atoms with Crippen molar-refractivity contribution in [1.29, 1.82) is 5.26 Å². The number of aromatic nitrogens is 1. The molecule has 1 aromatic carbocycles. The first-order valence-electron chi connectivity index (χ1n) is 9.28. The lowest BCUT2D eigenvalue weighted by atomic mass is 10.1. The monoisotopic (exact) mass is 395 g/mol. The van der Waals surface area contributed by atoms with Gasteiger partial charge in [0.1, 0.15) is 16.9 Å². The number of carbonyl (C=O) groups excluding carboxylic acids is 2. The first-order chi connectivity index (χ1) is 13.6. The zero-order valence-corrected chi connectivity index (χ0v) is 16.0. The number of pyridine rings is 1. The van der Waals surface area contributed by atoms with E-state index in [0.717, 1.165) is 48.3 Å². The van der Waals surface area contributed by atoms with Gasteiger partial charge in [0.15, 0.2) is 0 Å². The molecule has 1 aromatic heterocycles. The predicted molar refractivity (Wildman–Crippen MR) is 103 cm³/mol. The number of rotatable bonds is 3. The van der Waals surface area contributed by atoms with Gasteiger partial charge in [-0.1, -0.05) is 18.2 Å². The second-order valence-electron chi connectivity index (χ2n) is 6.97. The van der Waals surface area contributed by atoms with Gasteiger partial charge in [-0.15, -0.1) is 0 Å². The minimum atomic E-state index is -0.638. The van der Waals surface area contributed by atoms with Gasteiger partial charge in [0.25, 0.3) is 0 Å². The SMILES string of the molecule is N#Cc1cc2c(nc1SC1CC(=O)N(c3ccc(F)cc3)C1=O)CCCCC2. The topological polar surface area (TPSA) is 74.1 Å². The molecule has 2 aromatic rings. The van der Waals surface area contributed by atoms with E-state index >= 15 is 0 Å². The third-order valence-corrected chi connectivity index (χ3v) is 6.27. The van der Waals surface area contributed by atoms with Crippen molar-refractivity contribution in [2.24, 2.45) is 0 Å². The molecular formula is C21H18FN3O2S. The summed E-state index contributed by atoms with van der Waals surface area (Å²) in [5, 5.41) is 9.41. The number of halogens is 1. The average molecular weight is 395 g/mol. The molecular weight excluding hydrogens is 377 g/mol. The summed E-state index contributed by atoms with van der Waals surface area (Å²) in [6, 6.07) is 9.34. The fourth-order valence-electron chi connectivity index (χ4n) is 3.65. The molecule has 28 heavy (non-hydrogen) atoms. The van der Waals surface area contributed by atoms with Crippen LogP contribution >= 0.6 is 11.8 Å². The van der Waals surface area contributed by atoms with Crippen LogP contribution < -0.4 is 4.90 Å². The Balaban J connectivity index is 1.60. The number of carbonyl (C=O) groups is 2. The lowest BCUT2D eigenvalue weighted by molar-refractivity contribution is -0.121. The van der Waals surface area contributed by atoms with Crippen LogP contribution in [0.1, 0.15) is 42.5 Å². The fraction of sp³-hybridized carbons (Fsp3) is 0.333. The van der Waals surface area contributed by atoms with E-state index in [2.05, 4.69) is 11.1 Å². The third kappa shape index (κ3) is 3.52. The van der Waals surface area contributed by atoms with Crippen LogP contribution in [0.4, 0.5) is 10.1 Å². The molecule has 4 rings (SSSR count). The number of fused-ring (bicyclic) bond motifs is 1. The van der Waals surface area contributed by atoms with Gasteiger partial charge in [-0.05, 0) is 61.6 Å². The Labute approximate surface area is 166 Å². The van der Waals surface area contributed by atoms with Crippen LogP contribution in [0.3, 0.4) is 0 Å². The van der Waals surface area contributed by atoms with E-state index in [9.17, 15) is 19.2 Å². The number of nitriles is 1. The third-order valence-electron chi connectivity index (χ3n) is 5.08. The maximum Gasteiger partial charge on any atom is 0.247 e. The Morgan fingerprint density at radius 3 is 2.64 bits per heavy atom. The molecule has 0 N–H and O–H groups in total. The van der Waals surface area contributed by atoms with E-state index in [1.807, 2.05) is 6.07 Å². The van der Waals surface area contributed by atoms with Crippen LogP contribution in [-0.4, -0.2) is 22.0 Å². The van der Waals surface area contributed by atoms with Crippen LogP contribution in [-0.2, 0) is 22.4 Å². The second-order valence-corrected chi connectivity index (χ2v) is 8.17. The molecule has 142 valence electrons. The Hall–Kier alpha value is -2.72. The highest BCUT2D eigenvalue weighted by atomic mass is 32.2. The molecule has 0 radical (unpaired) electrons. The molecule has 1 fully saturated rings. The molecule has 0 bridgehead atoms. The summed E-state index contributed by atoms with van der Waals surface area (Å²) >= 11 is 1.18. The summed E-state index contributed by atoms with van der Waals surface area (Å²) in [6.07, 6.45) is 5.12. The summed E-state index contributed by atoms with van der Waals surface area (Å²) in [5.74, 6) is -1.12. The van der Waals surface area contributed by atoms with E-state index in [-0.39, 0.29) is 18.2 Å². The van der Waals surface area contributed by atoms with Crippen molar-refractivity contribution in [2.75, 3.05) is 4.90 Å². The van der Waals surface area contributed by atoms with Crippen LogP contribution in [0.25, 0.3) is 0 Å². The van der Waals surface area contributed by atoms with E-state index < -0.39 is 11.1 Å². The van der Waals surface area contributed by atoms with Crippen molar-refractivity contribution in [1.82, 2.24) is 4.98 Å². The number of benzene rings is 1. The summed E-state index contributed by atoms with van der Waals surface area (Å²) in [6.45, 7) is 0. The highest BCUT2D eigenvalue weighted by molar-refractivity contribution is 8.00. The zero-order valence-electron chi connectivity index (χ0n) is 15.2. The van der Waals surface area contributed by atoms with E-state index in [4.69, 9.17) is 0 Å². The van der Waals surface area contributed by atoms with Crippen molar-refractivity contribution in [2.45, 2.75) is 48.8 Å². The first-order valence-corrected chi connectivity index (χ1v) is 10.2. The highest BCUT2D eigenvalue weighted by Crippen LogP contribution is 2.36. The maximum absolute atomic E-state index is 13.2. The van der Waals surface area contributed by atoms with Crippen LogP contribution in [0.2, 0.25) is 0 Å². The number of aryl methyl sites for hydroxylation is 2. The van der Waals surface area contributed by atoms with Gasteiger partial charge in [-0.3, -0.25) is 9.59 Å². The van der Waals surface area contributed by atoms with Crippen molar-refractivity contribution < 1.29 is 14.0 Å². The number of nitrogens with zero attached hydrogens (tertiary/aromatic N) is 3. The van der Waals surface area contributed by atoms with Crippen LogP contribution in [0.15, 0.2) is 35.4 Å². The lowest BCUT2D eigenvalue weighted by Crippen LogP contribution is -2.31. The van der Waals surface area contributed by atoms with Gasteiger partial charge in [0, 0.05) is 12.1 Å². The molecule has 1 aliphatic heterocycles. The summed E-state index contributed by atoms with van der Waals surface area (Å²) in [4.78, 5) is 31.0. The Morgan fingerprint density at radius 1 is 1.14 bits per heavy atom. The molecule has 1 atom stereocenters. The molecule has 1 saturated heterocycles. The molecule has 0 spiro atoms. The maximum atomic E-state index is 13.2. The lowest BCUT2D eigenvalue weighted by Gasteiger charge is -2.15. The smallest absolute Gasteiger partial charge is 0.247 e. The van der Waals surface area contributed by atoms with Gasteiger partial charge < -0.3 is 0 Å². The second kappa shape index (κ2) is 7.72. The molecule has 2 aliphatic rings. The minimum Gasteiger partial charge on any atom is -0.274 e. The minimum absolute atomic E-state index is 0.0323. The summed E-state index contributed by atoms with van der Waals surface area (Å²) in [5.41, 5.74) is 2.91. The number of amides is 2. The van der Waals surface area contributed by atoms with Crippen LogP contribution in [0.5, 0.6) is 0 Å². The van der Waals surface area contributed by atoms with Crippen LogP contribution in [0, 0.1) is 17.1 Å². The van der Waals surface area contributed by atoms with Gasteiger partial charge in [-0.25, -0.2) is 14.3 Å².